The summed E-state index contributed by atoms with van der Waals surface area (Å²) >= 11 is 6.08. The van der Waals surface area contributed by atoms with Crippen molar-refractivity contribution in [3.05, 3.63) is 35.1 Å². The molecule has 2 aromatic rings. The van der Waals surface area contributed by atoms with Crippen LogP contribution >= 0.6 is 11.6 Å². The van der Waals surface area contributed by atoms with Gasteiger partial charge in [0.05, 0.1) is 25.7 Å². The molecule has 26 heavy (non-hydrogen) atoms. The predicted molar refractivity (Wildman–Crippen MR) is 95.2 cm³/mol. The van der Waals surface area contributed by atoms with Gasteiger partial charge in [-0.25, -0.2) is 4.98 Å². The van der Waals surface area contributed by atoms with Gasteiger partial charge in [0.1, 0.15) is 5.02 Å². The molecule has 0 amide bonds. The van der Waals surface area contributed by atoms with Gasteiger partial charge in [-0.3, -0.25) is 4.90 Å². The van der Waals surface area contributed by atoms with E-state index in [1.54, 1.807) is 18.3 Å². The lowest BCUT2D eigenvalue weighted by Gasteiger charge is -2.30. The summed E-state index contributed by atoms with van der Waals surface area (Å²) in [6.45, 7) is 4.81. The first-order chi connectivity index (χ1) is 12.8. The van der Waals surface area contributed by atoms with Crippen LogP contribution < -0.4 is 4.74 Å². The number of nitrogens with zero attached hydrogens (tertiary/aromatic N) is 4. The summed E-state index contributed by atoms with van der Waals surface area (Å²) in [6, 6.07) is 3.60. The Labute approximate surface area is 157 Å². The number of hydrogen-bond donors (Lipinski definition) is 0. The van der Waals surface area contributed by atoms with E-state index in [0.717, 1.165) is 39.0 Å². The van der Waals surface area contributed by atoms with E-state index in [1.807, 2.05) is 0 Å². The summed E-state index contributed by atoms with van der Waals surface area (Å²) in [7, 11) is 0. The molecule has 2 aliphatic heterocycles. The Hall–Kier alpha value is -1.70. The van der Waals surface area contributed by atoms with Crippen LogP contribution in [0.25, 0.3) is 0 Å². The van der Waals surface area contributed by atoms with Crippen LogP contribution in [0.4, 0.5) is 0 Å². The number of ether oxygens (including phenoxy) is 2. The number of rotatable bonds is 6. The van der Waals surface area contributed by atoms with Gasteiger partial charge < -0.3 is 13.9 Å². The molecule has 0 saturated carbocycles. The number of piperidine rings is 1. The Bertz CT molecular complexity index is 712. The highest BCUT2D eigenvalue weighted by Gasteiger charge is 2.25. The Morgan fingerprint density at radius 3 is 2.88 bits per heavy atom. The monoisotopic (exact) mass is 378 g/mol. The zero-order valence-corrected chi connectivity index (χ0v) is 15.4. The lowest BCUT2D eigenvalue weighted by atomic mass is 9.98. The van der Waals surface area contributed by atoms with E-state index < -0.39 is 0 Å². The molecule has 2 aromatic heterocycles. The summed E-state index contributed by atoms with van der Waals surface area (Å²) in [5.41, 5.74) is 0. The smallest absolute Gasteiger partial charge is 0.232 e. The van der Waals surface area contributed by atoms with E-state index in [9.17, 15) is 0 Å². The van der Waals surface area contributed by atoms with Gasteiger partial charge in [-0.15, -0.1) is 10.2 Å². The molecule has 0 aliphatic carbocycles. The second-order valence-corrected chi connectivity index (χ2v) is 7.32. The highest BCUT2D eigenvalue weighted by molar-refractivity contribution is 6.31. The van der Waals surface area contributed by atoms with Gasteiger partial charge in [0.25, 0.3) is 0 Å². The Morgan fingerprint density at radius 1 is 1.23 bits per heavy atom. The molecule has 2 aliphatic rings. The molecule has 8 heteroatoms. The maximum absolute atomic E-state index is 6.08. The lowest BCUT2D eigenvalue weighted by molar-refractivity contribution is 0.126. The van der Waals surface area contributed by atoms with Crippen molar-refractivity contribution >= 4 is 11.6 Å². The summed E-state index contributed by atoms with van der Waals surface area (Å²) in [6.07, 6.45) is 4.80. The average Bonchev–Trinajstić information content (AvgIpc) is 3.34. The first kappa shape index (κ1) is 17.7. The Morgan fingerprint density at radius 2 is 2.12 bits per heavy atom. The molecule has 1 unspecified atom stereocenters. The fourth-order valence-electron chi connectivity index (χ4n) is 3.40. The van der Waals surface area contributed by atoms with Crippen LogP contribution in [-0.2, 0) is 11.3 Å². The van der Waals surface area contributed by atoms with Crippen LogP contribution in [0, 0.1) is 5.92 Å². The molecule has 2 fully saturated rings. The van der Waals surface area contributed by atoms with Crippen LogP contribution in [0.2, 0.25) is 5.02 Å². The molecule has 0 radical (unpaired) electrons. The molecular weight excluding hydrogens is 356 g/mol. The number of pyridine rings is 1. The van der Waals surface area contributed by atoms with Crippen LogP contribution in [0.1, 0.15) is 37.0 Å². The summed E-state index contributed by atoms with van der Waals surface area (Å²) in [5.74, 6) is 2.71. The molecule has 140 valence electrons. The third kappa shape index (κ3) is 4.34. The number of hydrogen-bond acceptors (Lipinski definition) is 7. The van der Waals surface area contributed by atoms with E-state index in [1.165, 1.54) is 0 Å². The minimum absolute atomic E-state index is 0.262. The second-order valence-electron chi connectivity index (χ2n) is 6.92. The van der Waals surface area contributed by atoms with Crippen LogP contribution in [0.3, 0.4) is 0 Å². The van der Waals surface area contributed by atoms with Crippen molar-refractivity contribution in [3.8, 4) is 5.88 Å². The van der Waals surface area contributed by atoms with Gasteiger partial charge in [0.2, 0.25) is 17.7 Å². The third-order valence-electron chi connectivity index (χ3n) is 5.01. The first-order valence-electron chi connectivity index (χ1n) is 9.13. The fraction of sp³-hybridized carbons (Fsp3) is 0.611. The molecule has 4 rings (SSSR count). The van der Waals surface area contributed by atoms with Gasteiger partial charge in [0.15, 0.2) is 0 Å². The van der Waals surface area contributed by atoms with Gasteiger partial charge in [-0.1, -0.05) is 11.6 Å². The highest BCUT2D eigenvalue weighted by atomic mass is 35.5. The lowest BCUT2D eigenvalue weighted by Crippen LogP contribution is -2.35. The second kappa shape index (κ2) is 8.33. The molecule has 2 saturated heterocycles. The van der Waals surface area contributed by atoms with Crippen molar-refractivity contribution < 1.29 is 13.9 Å². The van der Waals surface area contributed by atoms with Crippen molar-refractivity contribution in [1.82, 2.24) is 20.1 Å². The fourth-order valence-corrected chi connectivity index (χ4v) is 3.58. The van der Waals surface area contributed by atoms with Gasteiger partial charge in [-0.05, 0) is 50.4 Å². The van der Waals surface area contributed by atoms with Gasteiger partial charge >= 0.3 is 0 Å². The molecule has 0 bridgehead atoms. The highest BCUT2D eigenvalue weighted by Crippen LogP contribution is 2.26. The van der Waals surface area contributed by atoms with E-state index in [0.29, 0.717) is 48.4 Å². The molecular formula is C18H23ClN4O3. The SMILES string of the molecule is Clc1cccnc1OCC1CCN(Cc2nnc(C3CCOC3)o2)CC1. The molecule has 1 atom stereocenters. The Balaban J connectivity index is 1.22. The zero-order chi connectivity index (χ0) is 17.8. The van der Waals surface area contributed by atoms with Gasteiger partial charge in [-0.2, -0.15) is 0 Å². The Kier molecular flexibility index (Phi) is 5.67. The third-order valence-corrected chi connectivity index (χ3v) is 5.30. The van der Waals surface area contributed by atoms with Crippen LogP contribution in [0.5, 0.6) is 5.88 Å². The minimum atomic E-state index is 0.262. The van der Waals surface area contributed by atoms with Crippen LogP contribution in [-0.4, -0.2) is 53.0 Å². The minimum Gasteiger partial charge on any atom is -0.476 e. The maximum atomic E-state index is 6.08. The molecule has 0 spiro atoms. The van der Waals surface area contributed by atoms with E-state index in [4.69, 9.17) is 25.5 Å². The van der Waals surface area contributed by atoms with Crippen molar-refractivity contribution in [2.45, 2.75) is 31.7 Å². The first-order valence-corrected chi connectivity index (χ1v) is 9.51. The number of aromatic nitrogens is 3. The van der Waals surface area contributed by atoms with E-state index in [2.05, 4.69) is 20.1 Å². The molecule has 4 heterocycles. The summed E-state index contributed by atoms with van der Waals surface area (Å²) < 4.78 is 17.0. The van der Waals surface area contributed by atoms with E-state index in [-0.39, 0.29) is 5.92 Å². The van der Waals surface area contributed by atoms with Crippen molar-refractivity contribution in [1.29, 1.82) is 0 Å². The predicted octanol–water partition coefficient (Wildman–Crippen LogP) is 2.91. The average molecular weight is 379 g/mol. The number of halogens is 1. The quantitative estimate of drug-likeness (QED) is 0.765. The van der Waals surface area contributed by atoms with Crippen molar-refractivity contribution in [3.63, 3.8) is 0 Å². The van der Waals surface area contributed by atoms with Crippen molar-refractivity contribution in [2.75, 3.05) is 32.9 Å². The largest absolute Gasteiger partial charge is 0.476 e. The summed E-state index contributed by atoms with van der Waals surface area (Å²) in [5, 5.41) is 8.95. The normalized spacial score (nSPS) is 22.0. The van der Waals surface area contributed by atoms with Crippen molar-refractivity contribution in [2.24, 2.45) is 5.92 Å². The number of likely N-dealkylation sites (tertiary alicyclic amines) is 1. The zero-order valence-electron chi connectivity index (χ0n) is 14.6. The molecule has 0 aromatic carbocycles. The molecule has 0 N–H and O–H groups in total. The molecule has 7 nitrogen and oxygen atoms in total. The summed E-state index contributed by atoms with van der Waals surface area (Å²) in [4.78, 5) is 6.52. The maximum Gasteiger partial charge on any atom is 0.232 e. The van der Waals surface area contributed by atoms with Gasteiger partial charge in [0, 0.05) is 12.8 Å². The topological polar surface area (TPSA) is 73.5 Å². The van der Waals surface area contributed by atoms with Crippen LogP contribution in [0.15, 0.2) is 22.7 Å². The van der Waals surface area contributed by atoms with E-state index >= 15 is 0 Å². The standard InChI is InChI=1S/C18H23ClN4O3/c19-15-2-1-6-20-18(15)25-11-13-3-7-23(8-4-13)10-16-21-22-17(26-16)14-5-9-24-12-14/h1-2,6,13-14H,3-5,7-12H2.